The molecule has 1 fully saturated rings. The predicted octanol–water partition coefficient (Wildman–Crippen LogP) is 3.31. The Balaban J connectivity index is 2.01. The van der Waals surface area contributed by atoms with Crippen molar-refractivity contribution in [2.24, 2.45) is 0 Å². The zero-order chi connectivity index (χ0) is 22.8. The number of rotatable bonds is 7. The Hall–Kier alpha value is -2.19. The molecule has 1 aliphatic rings. The molecule has 2 aromatic carbocycles. The van der Waals surface area contributed by atoms with Crippen molar-refractivity contribution in [2.45, 2.75) is 36.9 Å². The van der Waals surface area contributed by atoms with Crippen LogP contribution in [0.2, 0.25) is 0 Å². The maximum Gasteiger partial charge on any atom is 0.242 e. The highest BCUT2D eigenvalue weighted by Crippen LogP contribution is 2.35. The van der Waals surface area contributed by atoms with Gasteiger partial charge in [0.2, 0.25) is 10.0 Å². The minimum Gasteiger partial charge on any atom is -0.508 e. The molecule has 31 heavy (non-hydrogen) atoms. The van der Waals surface area contributed by atoms with Crippen LogP contribution in [0.4, 0.5) is 0 Å². The predicted molar refractivity (Wildman–Crippen MR) is 125 cm³/mol. The molecule has 168 valence electrons. The van der Waals surface area contributed by atoms with E-state index in [9.17, 15) is 13.5 Å². The molecule has 3 rings (SSSR count). The smallest absolute Gasteiger partial charge is 0.242 e. The van der Waals surface area contributed by atoms with Crippen molar-refractivity contribution >= 4 is 10.0 Å². The van der Waals surface area contributed by atoms with Gasteiger partial charge in [0.25, 0.3) is 0 Å². The van der Waals surface area contributed by atoms with Gasteiger partial charge in [-0.3, -0.25) is 9.80 Å². The summed E-state index contributed by atoms with van der Waals surface area (Å²) in [7, 11) is -0.420. The van der Waals surface area contributed by atoms with Gasteiger partial charge >= 0.3 is 0 Å². The molecule has 1 N–H and O–H groups in total. The number of nitrogens with zero attached hydrogens (tertiary/aromatic N) is 3. The van der Waals surface area contributed by atoms with Crippen molar-refractivity contribution in [1.29, 1.82) is 0 Å². The van der Waals surface area contributed by atoms with Crippen LogP contribution in [-0.4, -0.2) is 73.4 Å². The summed E-state index contributed by atoms with van der Waals surface area (Å²) in [5.74, 6) is 0.223. The lowest BCUT2D eigenvalue weighted by molar-refractivity contribution is 0.0306. The zero-order valence-corrected chi connectivity index (χ0v) is 19.6. The van der Waals surface area contributed by atoms with Gasteiger partial charge in [-0.05, 0) is 49.2 Å². The van der Waals surface area contributed by atoms with Crippen LogP contribution in [0.15, 0.2) is 66.1 Å². The molecule has 3 unspecified atom stereocenters. The van der Waals surface area contributed by atoms with Crippen LogP contribution in [0.1, 0.15) is 31.0 Å². The monoisotopic (exact) mass is 443 g/mol. The number of hydrogen-bond acceptors (Lipinski definition) is 5. The highest BCUT2D eigenvalue weighted by atomic mass is 32.2. The van der Waals surface area contributed by atoms with Gasteiger partial charge in [0.15, 0.2) is 0 Å². The molecular formula is C24H33N3O3S. The number of hydrogen-bond donors (Lipinski definition) is 1. The highest BCUT2D eigenvalue weighted by molar-refractivity contribution is 7.89. The molecule has 1 saturated heterocycles. The van der Waals surface area contributed by atoms with Gasteiger partial charge in [-0.15, -0.1) is 6.58 Å². The van der Waals surface area contributed by atoms with Crippen molar-refractivity contribution in [2.75, 3.05) is 33.7 Å². The second-order valence-electron chi connectivity index (χ2n) is 8.49. The number of phenols is 1. The molecule has 0 bridgehead atoms. The van der Waals surface area contributed by atoms with E-state index in [0.717, 1.165) is 30.8 Å². The average Bonchev–Trinajstić information content (AvgIpc) is 2.72. The van der Waals surface area contributed by atoms with Crippen molar-refractivity contribution in [1.82, 2.24) is 14.1 Å². The number of phenolic OH excluding ortho intramolecular Hbond substituents is 1. The fourth-order valence-electron chi connectivity index (χ4n) is 4.31. The first kappa shape index (κ1) is 23.5. The second kappa shape index (κ2) is 9.53. The first-order chi connectivity index (χ1) is 14.6. The van der Waals surface area contributed by atoms with Crippen LogP contribution in [0.25, 0.3) is 0 Å². The van der Waals surface area contributed by atoms with E-state index in [4.69, 9.17) is 0 Å². The van der Waals surface area contributed by atoms with Crippen molar-refractivity contribution in [3.8, 4) is 5.75 Å². The van der Waals surface area contributed by atoms with Crippen LogP contribution in [0.3, 0.4) is 0 Å². The summed E-state index contributed by atoms with van der Waals surface area (Å²) < 4.78 is 26.2. The number of benzene rings is 2. The first-order valence-corrected chi connectivity index (χ1v) is 12.0. The van der Waals surface area contributed by atoms with Crippen LogP contribution in [0.5, 0.6) is 5.75 Å². The van der Waals surface area contributed by atoms with Gasteiger partial charge < -0.3 is 5.11 Å². The van der Waals surface area contributed by atoms with Crippen molar-refractivity contribution < 1.29 is 13.5 Å². The molecule has 0 aliphatic carbocycles. The van der Waals surface area contributed by atoms with E-state index in [2.05, 4.69) is 30.2 Å². The second-order valence-corrected chi connectivity index (χ2v) is 10.6. The Bertz CT molecular complexity index is 1000. The molecule has 7 heteroatoms. The molecule has 0 radical (unpaired) electrons. The van der Waals surface area contributed by atoms with E-state index in [0.29, 0.717) is 6.04 Å². The quantitative estimate of drug-likeness (QED) is 0.665. The molecule has 6 nitrogen and oxygen atoms in total. The Morgan fingerprint density at radius 1 is 1.10 bits per heavy atom. The Kier molecular flexibility index (Phi) is 7.21. The van der Waals surface area contributed by atoms with Crippen LogP contribution >= 0.6 is 0 Å². The van der Waals surface area contributed by atoms with E-state index in [1.165, 1.54) is 18.4 Å². The van der Waals surface area contributed by atoms with Crippen LogP contribution in [0, 0.1) is 0 Å². The molecular weight excluding hydrogens is 410 g/mol. The van der Waals surface area contributed by atoms with Gasteiger partial charge in [-0.25, -0.2) is 12.7 Å². The van der Waals surface area contributed by atoms with Gasteiger partial charge in [-0.1, -0.05) is 30.3 Å². The lowest BCUT2D eigenvalue weighted by Gasteiger charge is -2.47. The van der Waals surface area contributed by atoms with Crippen molar-refractivity contribution in [3.63, 3.8) is 0 Å². The van der Waals surface area contributed by atoms with E-state index in [1.54, 1.807) is 24.3 Å². The summed E-state index contributed by atoms with van der Waals surface area (Å²) in [4.78, 5) is 5.13. The molecule has 1 aliphatic heterocycles. The summed E-state index contributed by atoms with van der Waals surface area (Å²) in [6.45, 7) is 10.9. The zero-order valence-electron chi connectivity index (χ0n) is 18.8. The van der Waals surface area contributed by atoms with E-state index in [-0.39, 0.29) is 22.7 Å². The third-order valence-electron chi connectivity index (χ3n) is 6.02. The fraction of sp³-hybridized carbons (Fsp3) is 0.417. The molecule has 0 spiro atoms. The Morgan fingerprint density at radius 3 is 2.35 bits per heavy atom. The fourth-order valence-corrected chi connectivity index (χ4v) is 5.21. The normalized spacial score (nSPS) is 21.8. The maximum atomic E-state index is 12.5. The standard InChI is InChI=1S/C24H33N3O3S/c1-6-14-26-16-19(3)27(17-18(26)2)24(21-8-7-9-22(28)15-21)20-10-12-23(13-11-20)31(29,30)25(4)5/h6-13,15,18-19,24,28H,1,14,16-17H2,2-5H3. The van der Waals surface area contributed by atoms with Gasteiger partial charge in [-0.2, -0.15) is 0 Å². The summed E-state index contributed by atoms with van der Waals surface area (Å²) in [5.41, 5.74) is 1.99. The number of aromatic hydroxyl groups is 1. The lowest BCUT2D eigenvalue weighted by atomic mass is 9.93. The van der Waals surface area contributed by atoms with Gasteiger partial charge in [0.1, 0.15) is 5.75 Å². The SMILES string of the molecule is C=CCN1CC(C)N(C(c2ccc(S(=O)(=O)N(C)C)cc2)c2cccc(O)c2)CC1C. The molecule has 0 saturated carbocycles. The molecule has 0 amide bonds. The topological polar surface area (TPSA) is 64.1 Å². The van der Waals surface area contributed by atoms with Gasteiger partial charge in [0.05, 0.1) is 10.9 Å². The maximum absolute atomic E-state index is 12.5. The average molecular weight is 444 g/mol. The van der Waals surface area contributed by atoms with E-state index < -0.39 is 10.0 Å². The summed E-state index contributed by atoms with van der Waals surface area (Å²) in [5, 5.41) is 10.1. The summed E-state index contributed by atoms with van der Waals surface area (Å²) in [6, 6.07) is 15.0. The minimum absolute atomic E-state index is 0.0912. The Labute approximate surface area is 186 Å². The Morgan fingerprint density at radius 2 is 1.77 bits per heavy atom. The first-order valence-electron chi connectivity index (χ1n) is 10.6. The van der Waals surface area contributed by atoms with Gasteiger partial charge in [0, 0.05) is 45.8 Å². The largest absolute Gasteiger partial charge is 0.508 e. The highest BCUT2D eigenvalue weighted by Gasteiger charge is 2.34. The molecule has 3 atom stereocenters. The summed E-state index contributed by atoms with van der Waals surface area (Å²) >= 11 is 0. The number of piperazine rings is 1. The summed E-state index contributed by atoms with van der Waals surface area (Å²) in [6.07, 6.45) is 1.94. The van der Waals surface area contributed by atoms with Crippen molar-refractivity contribution in [3.05, 3.63) is 72.3 Å². The molecule has 1 heterocycles. The van der Waals surface area contributed by atoms with E-state index >= 15 is 0 Å². The lowest BCUT2D eigenvalue weighted by Crippen LogP contribution is -2.57. The minimum atomic E-state index is -3.49. The molecule has 2 aromatic rings. The van der Waals surface area contributed by atoms with Crippen LogP contribution < -0.4 is 0 Å². The third kappa shape index (κ3) is 5.01. The third-order valence-corrected chi connectivity index (χ3v) is 7.85. The molecule has 0 aromatic heterocycles. The number of sulfonamides is 1. The van der Waals surface area contributed by atoms with Crippen LogP contribution in [-0.2, 0) is 10.0 Å². The van der Waals surface area contributed by atoms with E-state index in [1.807, 2.05) is 30.3 Å².